The molecule has 2 rings (SSSR count). The van der Waals surface area contributed by atoms with E-state index in [1.807, 2.05) is 6.07 Å². The third-order valence-electron chi connectivity index (χ3n) is 4.69. The number of carboxylic acid groups (broad SMARTS) is 1. The van der Waals surface area contributed by atoms with Crippen molar-refractivity contribution >= 4 is 5.97 Å². The topological polar surface area (TPSA) is 69.6 Å². The Kier molecular flexibility index (Phi) is 5.01. The summed E-state index contributed by atoms with van der Waals surface area (Å²) in [5.74, 6) is -0.469. The van der Waals surface area contributed by atoms with Crippen LogP contribution in [0.25, 0.3) is 0 Å². The van der Waals surface area contributed by atoms with Crippen LogP contribution >= 0.6 is 0 Å². The maximum Gasteiger partial charge on any atom is 0.335 e. The lowest BCUT2D eigenvalue weighted by atomic mass is 9.62. The highest BCUT2D eigenvalue weighted by atomic mass is 16.4. The van der Waals surface area contributed by atoms with Gasteiger partial charge in [-0.25, -0.2) is 4.79 Å². The molecule has 0 radical (unpaired) electrons. The van der Waals surface area contributed by atoms with Crippen LogP contribution in [-0.4, -0.2) is 28.8 Å². The minimum atomic E-state index is -0.900. The average molecular weight is 291 g/mol. The van der Waals surface area contributed by atoms with Gasteiger partial charge in [-0.3, -0.25) is 0 Å². The maximum absolute atomic E-state index is 11.0. The summed E-state index contributed by atoms with van der Waals surface area (Å²) in [5, 5.41) is 22.3. The first-order valence-corrected chi connectivity index (χ1v) is 7.65. The molecule has 116 valence electrons. The molecular weight excluding hydrogens is 266 g/mol. The van der Waals surface area contributed by atoms with E-state index in [0.717, 1.165) is 18.4 Å². The summed E-state index contributed by atoms with van der Waals surface area (Å²) in [6.45, 7) is 5.19. The number of rotatable bonds is 7. The van der Waals surface area contributed by atoms with Gasteiger partial charge in [0.25, 0.3) is 0 Å². The van der Waals surface area contributed by atoms with Crippen molar-refractivity contribution in [1.29, 1.82) is 0 Å². The van der Waals surface area contributed by atoms with Gasteiger partial charge in [0.2, 0.25) is 0 Å². The smallest absolute Gasteiger partial charge is 0.335 e. The second kappa shape index (κ2) is 6.58. The minimum absolute atomic E-state index is 0.00141. The summed E-state index contributed by atoms with van der Waals surface area (Å²) in [7, 11) is 0. The standard InChI is InChI=1S/C17H25NO3/c1-12(2)15(17(11-19)7-4-8-17)18-10-13-5-3-6-14(9-13)16(20)21/h3,5-6,9,12,15,18-19H,4,7-8,10-11H2,1-2H3,(H,20,21). The summed E-state index contributed by atoms with van der Waals surface area (Å²) in [4.78, 5) is 11.0. The molecule has 1 unspecified atom stereocenters. The molecule has 4 heteroatoms. The zero-order valence-corrected chi connectivity index (χ0v) is 12.8. The van der Waals surface area contributed by atoms with Crippen LogP contribution in [-0.2, 0) is 6.54 Å². The molecule has 1 atom stereocenters. The van der Waals surface area contributed by atoms with Crippen molar-refractivity contribution < 1.29 is 15.0 Å². The molecule has 1 saturated carbocycles. The Morgan fingerprint density at radius 3 is 2.57 bits per heavy atom. The number of aliphatic hydroxyl groups excluding tert-OH is 1. The van der Waals surface area contributed by atoms with Gasteiger partial charge < -0.3 is 15.5 Å². The Morgan fingerprint density at radius 1 is 1.38 bits per heavy atom. The number of aromatic carboxylic acids is 1. The maximum atomic E-state index is 11.0. The van der Waals surface area contributed by atoms with Gasteiger partial charge in [0.05, 0.1) is 12.2 Å². The van der Waals surface area contributed by atoms with E-state index < -0.39 is 5.97 Å². The molecule has 0 saturated heterocycles. The zero-order chi connectivity index (χ0) is 15.5. The third kappa shape index (κ3) is 3.44. The fraction of sp³-hybridized carbons (Fsp3) is 0.588. The Labute approximate surface area is 126 Å². The number of carbonyl (C=O) groups is 1. The van der Waals surface area contributed by atoms with Crippen molar-refractivity contribution in [2.75, 3.05) is 6.61 Å². The second-order valence-electron chi connectivity index (χ2n) is 6.48. The lowest BCUT2D eigenvalue weighted by Gasteiger charge is -2.48. The number of aliphatic hydroxyl groups is 1. The first kappa shape index (κ1) is 16.0. The van der Waals surface area contributed by atoms with Crippen molar-refractivity contribution in [3.63, 3.8) is 0 Å². The summed E-state index contributed by atoms with van der Waals surface area (Å²) in [6, 6.07) is 7.27. The Hall–Kier alpha value is -1.39. The number of hydrogen-bond acceptors (Lipinski definition) is 3. The van der Waals surface area contributed by atoms with Crippen molar-refractivity contribution in [1.82, 2.24) is 5.32 Å². The van der Waals surface area contributed by atoms with E-state index in [9.17, 15) is 9.90 Å². The number of carboxylic acids is 1. The van der Waals surface area contributed by atoms with Gasteiger partial charge in [0.15, 0.2) is 0 Å². The molecule has 0 bridgehead atoms. The first-order chi connectivity index (χ1) is 9.98. The molecule has 0 aromatic heterocycles. The van der Waals surface area contributed by atoms with Crippen molar-refractivity contribution in [2.45, 2.75) is 45.7 Å². The van der Waals surface area contributed by atoms with Gasteiger partial charge in [-0.2, -0.15) is 0 Å². The van der Waals surface area contributed by atoms with Crippen molar-refractivity contribution in [2.24, 2.45) is 11.3 Å². The molecule has 1 aromatic rings. The van der Waals surface area contributed by atoms with Crippen LogP contribution in [0.2, 0.25) is 0 Å². The van der Waals surface area contributed by atoms with E-state index in [0.29, 0.717) is 18.0 Å². The monoisotopic (exact) mass is 291 g/mol. The highest BCUT2D eigenvalue weighted by molar-refractivity contribution is 5.87. The predicted molar refractivity (Wildman–Crippen MR) is 82.2 cm³/mol. The molecule has 1 aliphatic rings. The quantitative estimate of drug-likeness (QED) is 0.722. The number of hydrogen-bond donors (Lipinski definition) is 3. The molecule has 1 fully saturated rings. The summed E-state index contributed by atoms with van der Waals surface area (Å²) in [6.07, 6.45) is 3.31. The SMILES string of the molecule is CC(C)C(NCc1cccc(C(=O)O)c1)C1(CO)CCC1. The first-order valence-electron chi connectivity index (χ1n) is 7.65. The molecule has 0 spiro atoms. The van der Waals surface area contributed by atoms with Gasteiger partial charge >= 0.3 is 5.97 Å². The number of benzene rings is 1. The minimum Gasteiger partial charge on any atom is -0.478 e. The van der Waals surface area contributed by atoms with Gasteiger partial charge in [-0.1, -0.05) is 32.4 Å². The van der Waals surface area contributed by atoms with E-state index in [1.54, 1.807) is 18.2 Å². The summed E-state index contributed by atoms with van der Waals surface area (Å²) >= 11 is 0. The highest BCUT2D eigenvalue weighted by Gasteiger charge is 2.44. The van der Waals surface area contributed by atoms with Crippen molar-refractivity contribution in [3.05, 3.63) is 35.4 Å². The Morgan fingerprint density at radius 2 is 2.10 bits per heavy atom. The van der Waals surface area contributed by atoms with Gasteiger partial charge in [0, 0.05) is 18.0 Å². The fourth-order valence-electron chi connectivity index (χ4n) is 3.40. The van der Waals surface area contributed by atoms with Crippen LogP contribution in [0, 0.1) is 11.3 Å². The van der Waals surface area contributed by atoms with Gasteiger partial charge in [-0.15, -0.1) is 0 Å². The van der Waals surface area contributed by atoms with Crippen LogP contribution in [0.3, 0.4) is 0 Å². The lowest BCUT2D eigenvalue weighted by molar-refractivity contribution is -0.0101. The van der Waals surface area contributed by atoms with E-state index in [-0.39, 0.29) is 18.1 Å². The van der Waals surface area contributed by atoms with Crippen LogP contribution < -0.4 is 5.32 Å². The van der Waals surface area contributed by atoms with Crippen LogP contribution in [0.15, 0.2) is 24.3 Å². The van der Waals surface area contributed by atoms with Gasteiger partial charge in [-0.05, 0) is 36.5 Å². The van der Waals surface area contributed by atoms with Crippen molar-refractivity contribution in [3.8, 4) is 0 Å². The van der Waals surface area contributed by atoms with Crippen LogP contribution in [0.1, 0.15) is 49.0 Å². The van der Waals surface area contributed by atoms with E-state index in [2.05, 4.69) is 19.2 Å². The van der Waals surface area contributed by atoms with Crippen LogP contribution in [0.4, 0.5) is 0 Å². The number of nitrogens with one attached hydrogen (secondary N) is 1. The fourth-order valence-corrected chi connectivity index (χ4v) is 3.40. The lowest BCUT2D eigenvalue weighted by Crippen LogP contribution is -2.54. The zero-order valence-electron chi connectivity index (χ0n) is 12.8. The summed E-state index contributed by atoms with van der Waals surface area (Å²) in [5.41, 5.74) is 1.28. The largest absolute Gasteiger partial charge is 0.478 e. The highest BCUT2D eigenvalue weighted by Crippen LogP contribution is 2.45. The van der Waals surface area contributed by atoms with E-state index in [1.165, 1.54) is 6.42 Å². The molecule has 0 amide bonds. The second-order valence-corrected chi connectivity index (χ2v) is 6.48. The Bertz CT molecular complexity index is 489. The molecule has 1 aliphatic carbocycles. The summed E-state index contributed by atoms with van der Waals surface area (Å²) < 4.78 is 0. The molecule has 3 N–H and O–H groups in total. The van der Waals surface area contributed by atoms with Gasteiger partial charge in [0.1, 0.15) is 0 Å². The normalized spacial score (nSPS) is 18.3. The molecule has 0 aliphatic heterocycles. The molecule has 4 nitrogen and oxygen atoms in total. The average Bonchev–Trinajstić information content (AvgIpc) is 2.41. The van der Waals surface area contributed by atoms with E-state index >= 15 is 0 Å². The van der Waals surface area contributed by atoms with E-state index in [4.69, 9.17) is 5.11 Å². The third-order valence-corrected chi connectivity index (χ3v) is 4.69. The predicted octanol–water partition coefficient (Wildman–Crippen LogP) is 2.66. The molecule has 0 heterocycles. The van der Waals surface area contributed by atoms with Crippen LogP contribution in [0.5, 0.6) is 0 Å². The molecule has 21 heavy (non-hydrogen) atoms. The Balaban J connectivity index is 2.05. The molecular formula is C17H25NO3. The molecule has 1 aromatic carbocycles.